The Balaban J connectivity index is 1.85. The topological polar surface area (TPSA) is 67.0 Å². The summed E-state index contributed by atoms with van der Waals surface area (Å²) < 4.78 is 5.32. The molecule has 0 fully saturated rings. The van der Waals surface area contributed by atoms with Crippen LogP contribution in [0.15, 0.2) is 47.1 Å². The summed E-state index contributed by atoms with van der Waals surface area (Å²) in [5.41, 5.74) is 1.85. The van der Waals surface area contributed by atoms with Crippen molar-refractivity contribution >= 4 is 17.5 Å². The average molecular weight is 344 g/mol. The maximum atomic E-state index is 12.5. The van der Waals surface area contributed by atoms with E-state index in [-0.39, 0.29) is 24.4 Å². The largest absolute Gasteiger partial charge is 0.463 e. The van der Waals surface area contributed by atoms with Crippen LogP contribution in [0.5, 0.6) is 0 Å². The maximum Gasteiger partial charge on any atom is 0.280 e. The Morgan fingerprint density at radius 1 is 1.24 bits per heavy atom. The highest BCUT2D eigenvalue weighted by atomic mass is 16.3. The second-order valence-electron chi connectivity index (χ2n) is 6.43. The van der Waals surface area contributed by atoms with Crippen molar-refractivity contribution in [3.63, 3.8) is 0 Å². The number of aryl methyl sites for hydroxylation is 1. The van der Waals surface area contributed by atoms with Crippen LogP contribution in [0.4, 0.5) is 5.69 Å². The van der Waals surface area contributed by atoms with Crippen LogP contribution < -0.4 is 10.2 Å². The summed E-state index contributed by atoms with van der Waals surface area (Å²) >= 11 is 0. The third-order valence-electron chi connectivity index (χ3n) is 4.24. The molecular formula is C19H26N3O3+. The van der Waals surface area contributed by atoms with Crippen molar-refractivity contribution in [3.05, 3.63) is 54.0 Å². The van der Waals surface area contributed by atoms with Gasteiger partial charge in [-0.3, -0.25) is 9.59 Å². The average Bonchev–Trinajstić information content (AvgIpc) is 3.08. The Morgan fingerprint density at radius 3 is 2.52 bits per heavy atom. The zero-order valence-electron chi connectivity index (χ0n) is 15.2. The second kappa shape index (κ2) is 8.48. The molecule has 2 amide bonds. The molecule has 6 nitrogen and oxygen atoms in total. The van der Waals surface area contributed by atoms with Gasteiger partial charge < -0.3 is 19.5 Å². The van der Waals surface area contributed by atoms with Crippen molar-refractivity contribution in [2.24, 2.45) is 0 Å². The first kappa shape index (κ1) is 18.7. The van der Waals surface area contributed by atoms with Crippen LogP contribution in [0.2, 0.25) is 0 Å². The first-order chi connectivity index (χ1) is 11.9. The molecule has 134 valence electrons. The second-order valence-corrected chi connectivity index (χ2v) is 6.43. The molecule has 25 heavy (non-hydrogen) atoms. The molecule has 0 saturated heterocycles. The van der Waals surface area contributed by atoms with Crippen molar-refractivity contribution < 1.29 is 18.9 Å². The molecule has 0 aliphatic heterocycles. The lowest BCUT2D eigenvalue weighted by atomic mass is 10.2. The number of hydrogen-bond donors (Lipinski definition) is 2. The van der Waals surface area contributed by atoms with Crippen molar-refractivity contribution in [1.82, 2.24) is 4.90 Å². The number of amides is 2. The van der Waals surface area contributed by atoms with Gasteiger partial charge in [-0.2, -0.15) is 0 Å². The standard InChI is InChI=1S/C19H25N3O3/c1-14-7-9-16(10-8-14)20-18(23)13-22(4)19(24)15(2)21(3)12-17-6-5-11-25-17/h5-11,15H,12-13H2,1-4H3,(H,20,23)/p+1/t15-/m1/s1. The number of anilines is 1. The maximum absolute atomic E-state index is 12.5. The fraction of sp³-hybridized carbons (Fsp3) is 0.368. The summed E-state index contributed by atoms with van der Waals surface area (Å²) in [6.45, 7) is 4.48. The SMILES string of the molecule is Cc1ccc(NC(=O)CN(C)C(=O)[C@@H](C)[NH+](C)Cc2ccco2)cc1. The van der Waals surface area contributed by atoms with Crippen LogP contribution in [0.1, 0.15) is 18.2 Å². The van der Waals surface area contributed by atoms with Crippen LogP contribution >= 0.6 is 0 Å². The highest BCUT2D eigenvalue weighted by Crippen LogP contribution is 2.08. The number of furan rings is 1. The number of hydrogen-bond acceptors (Lipinski definition) is 3. The Morgan fingerprint density at radius 2 is 1.92 bits per heavy atom. The molecule has 1 aromatic carbocycles. The Kier molecular flexibility index (Phi) is 6.36. The molecule has 0 bridgehead atoms. The van der Waals surface area contributed by atoms with E-state index in [0.29, 0.717) is 6.54 Å². The van der Waals surface area contributed by atoms with Crippen molar-refractivity contribution in [3.8, 4) is 0 Å². The van der Waals surface area contributed by atoms with Crippen LogP contribution in [0, 0.1) is 6.92 Å². The summed E-state index contributed by atoms with van der Waals surface area (Å²) in [5, 5.41) is 2.80. The van der Waals surface area contributed by atoms with Crippen LogP contribution in [0.25, 0.3) is 0 Å². The van der Waals surface area contributed by atoms with Crippen LogP contribution in [0.3, 0.4) is 0 Å². The number of benzene rings is 1. The van der Waals surface area contributed by atoms with E-state index in [1.807, 2.05) is 57.3 Å². The predicted octanol–water partition coefficient (Wildman–Crippen LogP) is 1.09. The number of rotatable bonds is 7. The zero-order chi connectivity index (χ0) is 18.4. The summed E-state index contributed by atoms with van der Waals surface area (Å²) in [6.07, 6.45) is 1.62. The summed E-state index contributed by atoms with van der Waals surface area (Å²) in [6, 6.07) is 11.0. The highest BCUT2D eigenvalue weighted by Gasteiger charge is 2.26. The number of nitrogens with one attached hydrogen (secondary N) is 2. The van der Waals surface area contributed by atoms with Gasteiger partial charge in [0.25, 0.3) is 5.91 Å². The first-order valence-corrected chi connectivity index (χ1v) is 8.33. The van der Waals surface area contributed by atoms with Crippen molar-refractivity contribution in [2.45, 2.75) is 26.4 Å². The molecule has 0 saturated carbocycles. The van der Waals surface area contributed by atoms with Crippen LogP contribution in [-0.2, 0) is 16.1 Å². The van der Waals surface area contributed by atoms with E-state index in [4.69, 9.17) is 4.42 Å². The lowest BCUT2D eigenvalue weighted by Gasteiger charge is -2.25. The van der Waals surface area contributed by atoms with E-state index in [1.165, 1.54) is 4.90 Å². The van der Waals surface area contributed by atoms with Gasteiger partial charge in [-0.1, -0.05) is 17.7 Å². The van der Waals surface area contributed by atoms with Gasteiger partial charge in [-0.15, -0.1) is 0 Å². The van der Waals surface area contributed by atoms with Gasteiger partial charge in [-0.05, 0) is 38.1 Å². The van der Waals surface area contributed by atoms with E-state index in [9.17, 15) is 9.59 Å². The minimum atomic E-state index is -0.276. The third kappa shape index (κ3) is 5.46. The highest BCUT2D eigenvalue weighted by molar-refractivity contribution is 5.94. The summed E-state index contributed by atoms with van der Waals surface area (Å²) in [5.74, 6) is 0.538. The number of carbonyl (C=O) groups is 2. The van der Waals surface area contributed by atoms with Gasteiger partial charge in [0, 0.05) is 12.7 Å². The number of nitrogens with zero attached hydrogens (tertiary/aromatic N) is 1. The molecule has 2 aromatic rings. The monoisotopic (exact) mass is 344 g/mol. The van der Waals surface area contributed by atoms with Gasteiger partial charge in [0.15, 0.2) is 11.8 Å². The molecular weight excluding hydrogens is 318 g/mol. The molecule has 0 spiro atoms. The van der Waals surface area contributed by atoms with E-state index in [1.54, 1.807) is 13.3 Å². The zero-order valence-corrected chi connectivity index (χ0v) is 15.2. The van der Waals surface area contributed by atoms with Gasteiger partial charge in [-0.25, -0.2) is 0 Å². The van der Waals surface area contributed by atoms with Crippen LogP contribution in [-0.4, -0.2) is 43.4 Å². The molecule has 6 heteroatoms. The number of quaternary nitrogens is 1. The predicted molar refractivity (Wildman–Crippen MR) is 96.2 cm³/mol. The lowest BCUT2D eigenvalue weighted by molar-refractivity contribution is -0.909. The normalized spacial score (nSPS) is 13.1. The fourth-order valence-electron chi connectivity index (χ4n) is 2.51. The van der Waals surface area contributed by atoms with Crippen molar-refractivity contribution in [2.75, 3.05) is 26.0 Å². The fourth-order valence-corrected chi connectivity index (χ4v) is 2.51. The summed E-state index contributed by atoms with van der Waals surface area (Å²) in [7, 11) is 3.58. The molecule has 0 aliphatic carbocycles. The minimum absolute atomic E-state index is 0.0189. The molecule has 2 rings (SSSR count). The van der Waals surface area contributed by atoms with Gasteiger partial charge in [0.1, 0.15) is 6.54 Å². The van der Waals surface area contributed by atoms with Gasteiger partial charge in [0.05, 0.1) is 19.9 Å². The molecule has 2 N–H and O–H groups in total. The molecule has 1 unspecified atom stereocenters. The molecule has 0 radical (unpaired) electrons. The van der Waals surface area contributed by atoms with E-state index < -0.39 is 0 Å². The third-order valence-corrected chi connectivity index (χ3v) is 4.24. The van der Waals surface area contributed by atoms with Gasteiger partial charge >= 0.3 is 0 Å². The van der Waals surface area contributed by atoms with E-state index in [0.717, 1.165) is 21.9 Å². The quantitative estimate of drug-likeness (QED) is 0.790. The smallest absolute Gasteiger partial charge is 0.280 e. The number of carbonyl (C=O) groups excluding carboxylic acids is 2. The minimum Gasteiger partial charge on any atom is -0.463 e. The molecule has 1 heterocycles. The number of likely N-dealkylation sites (N-methyl/N-ethyl adjacent to an activating group) is 2. The first-order valence-electron chi connectivity index (χ1n) is 8.33. The molecule has 0 aliphatic rings. The Bertz CT molecular complexity index is 695. The molecule has 1 aromatic heterocycles. The van der Waals surface area contributed by atoms with Gasteiger partial charge in [0.2, 0.25) is 5.91 Å². The Labute approximate surface area is 148 Å². The lowest BCUT2D eigenvalue weighted by Crippen LogP contribution is -3.12. The van der Waals surface area contributed by atoms with E-state index in [2.05, 4.69) is 5.32 Å². The molecule has 2 atom stereocenters. The van der Waals surface area contributed by atoms with Crippen molar-refractivity contribution in [1.29, 1.82) is 0 Å². The van der Waals surface area contributed by atoms with E-state index >= 15 is 0 Å². The Hall–Kier alpha value is -2.60. The summed E-state index contributed by atoms with van der Waals surface area (Å²) in [4.78, 5) is 27.1.